The quantitative estimate of drug-likeness (QED) is 0.228. The second-order valence-corrected chi connectivity index (χ2v) is 9.95. The van der Waals surface area contributed by atoms with E-state index < -0.39 is 7.92 Å². The van der Waals surface area contributed by atoms with E-state index >= 15 is 0 Å². The molecule has 0 bridgehead atoms. The van der Waals surface area contributed by atoms with Crippen molar-refractivity contribution in [3.8, 4) is 0 Å². The molecule has 0 spiro atoms. The molecule has 1 N–H and O–H groups in total. The van der Waals surface area contributed by atoms with E-state index in [1.165, 1.54) is 46.4 Å². The SMILES string of the molecule is CCCCCc1cccc(P(c2ccccc2)c2ccccc2)c1Nc1ccccc1. The summed E-state index contributed by atoms with van der Waals surface area (Å²) in [6, 6.07) is 39.4. The number of rotatable bonds is 9. The number of benzene rings is 4. The summed E-state index contributed by atoms with van der Waals surface area (Å²) in [7, 11) is -0.660. The van der Waals surface area contributed by atoms with Gasteiger partial charge in [-0.15, -0.1) is 0 Å². The highest BCUT2D eigenvalue weighted by Gasteiger charge is 2.21. The summed E-state index contributed by atoms with van der Waals surface area (Å²) in [6.07, 6.45) is 4.82. The van der Waals surface area contributed by atoms with Gasteiger partial charge in [0.1, 0.15) is 0 Å². The van der Waals surface area contributed by atoms with Crippen LogP contribution in [0.1, 0.15) is 31.7 Å². The lowest BCUT2D eigenvalue weighted by Crippen LogP contribution is -2.23. The number of unbranched alkanes of at least 4 members (excludes halogenated alkanes) is 2. The molecule has 0 aliphatic rings. The Bertz CT molecular complexity index is 1020. The van der Waals surface area contributed by atoms with Crippen molar-refractivity contribution >= 4 is 35.2 Å². The summed E-state index contributed by atoms with van der Waals surface area (Å²) in [5, 5.41) is 7.96. The summed E-state index contributed by atoms with van der Waals surface area (Å²) in [4.78, 5) is 0. The van der Waals surface area contributed by atoms with Gasteiger partial charge in [-0.1, -0.05) is 117 Å². The van der Waals surface area contributed by atoms with E-state index in [9.17, 15) is 0 Å². The van der Waals surface area contributed by atoms with E-state index in [-0.39, 0.29) is 0 Å². The normalized spacial score (nSPS) is 10.9. The van der Waals surface area contributed by atoms with Crippen LogP contribution in [-0.4, -0.2) is 0 Å². The molecule has 156 valence electrons. The summed E-state index contributed by atoms with van der Waals surface area (Å²) in [6.45, 7) is 2.27. The third-order valence-corrected chi connectivity index (χ3v) is 7.97. The molecule has 0 radical (unpaired) electrons. The summed E-state index contributed by atoms with van der Waals surface area (Å²) in [5.74, 6) is 0. The van der Waals surface area contributed by atoms with Crippen molar-refractivity contribution in [2.24, 2.45) is 0 Å². The Morgan fingerprint density at radius 3 is 1.77 bits per heavy atom. The van der Waals surface area contributed by atoms with Crippen LogP contribution >= 0.6 is 7.92 Å². The van der Waals surface area contributed by atoms with Crippen molar-refractivity contribution in [2.45, 2.75) is 32.6 Å². The maximum Gasteiger partial charge on any atom is 0.0501 e. The highest BCUT2D eigenvalue weighted by Crippen LogP contribution is 2.38. The van der Waals surface area contributed by atoms with E-state index in [0.29, 0.717) is 0 Å². The fourth-order valence-corrected chi connectivity index (χ4v) is 6.39. The second-order valence-electron chi connectivity index (χ2n) is 7.77. The first-order valence-corrected chi connectivity index (χ1v) is 12.5. The molecule has 0 aromatic heterocycles. The van der Waals surface area contributed by atoms with Crippen molar-refractivity contribution in [1.82, 2.24) is 0 Å². The van der Waals surface area contributed by atoms with Gasteiger partial charge in [-0.25, -0.2) is 0 Å². The van der Waals surface area contributed by atoms with Gasteiger partial charge >= 0.3 is 0 Å². The standard InChI is InChI=1S/C29H30NP/c1-2-3-7-15-24-16-14-23-28(29(24)30-25-17-8-4-9-18-25)31(26-19-10-5-11-20-26)27-21-12-6-13-22-27/h4-6,8-14,16-23,30H,2-3,7,15H2,1H3. The minimum absolute atomic E-state index is 0.660. The van der Waals surface area contributed by atoms with E-state index in [4.69, 9.17) is 0 Å². The Labute approximate surface area is 187 Å². The summed E-state index contributed by atoms with van der Waals surface area (Å²) < 4.78 is 0. The van der Waals surface area contributed by atoms with Crippen LogP contribution in [0.4, 0.5) is 11.4 Å². The molecule has 0 fully saturated rings. The fraction of sp³-hybridized carbons (Fsp3) is 0.172. The lowest BCUT2D eigenvalue weighted by molar-refractivity contribution is 0.718. The van der Waals surface area contributed by atoms with Gasteiger partial charge in [0.2, 0.25) is 0 Å². The van der Waals surface area contributed by atoms with Gasteiger partial charge in [0.05, 0.1) is 5.69 Å². The van der Waals surface area contributed by atoms with Crippen LogP contribution in [0.5, 0.6) is 0 Å². The number of nitrogens with one attached hydrogen (secondary N) is 1. The first-order chi connectivity index (χ1) is 15.4. The molecule has 4 aromatic carbocycles. The molecule has 4 rings (SSSR count). The van der Waals surface area contributed by atoms with Crippen molar-refractivity contribution in [3.05, 3.63) is 115 Å². The third kappa shape index (κ3) is 5.43. The predicted octanol–water partition coefficient (Wildman–Crippen LogP) is 6.92. The Hall–Kier alpha value is -2.89. The molecular weight excluding hydrogens is 393 g/mol. The maximum absolute atomic E-state index is 3.80. The highest BCUT2D eigenvalue weighted by molar-refractivity contribution is 7.80. The third-order valence-electron chi connectivity index (χ3n) is 5.49. The number of aryl methyl sites for hydroxylation is 1. The minimum Gasteiger partial charge on any atom is -0.355 e. The predicted molar refractivity (Wildman–Crippen MR) is 138 cm³/mol. The molecule has 0 heterocycles. The minimum atomic E-state index is -0.660. The topological polar surface area (TPSA) is 12.0 Å². The van der Waals surface area contributed by atoms with Gasteiger partial charge in [0.25, 0.3) is 0 Å². The van der Waals surface area contributed by atoms with Crippen LogP contribution in [0, 0.1) is 0 Å². The van der Waals surface area contributed by atoms with Gasteiger partial charge in [0, 0.05) is 11.0 Å². The van der Waals surface area contributed by atoms with Gasteiger partial charge in [-0.3, -0.25) is 0 Å². The van der Waals surface area contributed by atoms with Crippen molar-refractivity contribution in [3.63, 3.8) is 0 Å². The number of hydrogen-bond acceptors (Lipinski definition) is 1. The molecule has 0 aliphatic heterocycles. The molecule has 0 atom stereocenters. The van der Waals surface area contributed by atoms with Crippen LogP contribution in [0.2, 0.25) is 0 Å². The highest BCUT2D eigenvalue weighted by atomic mass is 31.1. The van der Waals surface area contributed by atoms with E-state index in [1.54, 1.807) is 0 Å². The molecule has 2 heteroatoms. The van der Waals surface area contributed by atoms with Crippen molar-refractivity contribution in [2.75, 3.05) is 5.32 Å². The largest absolute Gasteiger partial charge is 0.355 e. The molecule has 0 saturated heterocycles. The Morgan fingerprint density at radius 1 is 0.613 bits per heavy atom. The Morgan fingerprint density at radius 2 is 1.19 bits per heavy atom. The first kappa shape index (κ1) is 21.3. The lowest BCUT2D eigenvalue weighted by Gasteiger charge is -2.25. The van der Waals surface area contributed by atoms with E-state index in [0.717, 1.165) is 12.1 Å². The maximum atomic E-state index is 3.80. The smallest absolute Gasteiger partial charge is 0.0501 e. The average molecular weight is 424 g/mol. The van der Waals surface area contributed by atoms with Crippen LogP contribution in [0.3, 0.4) is 0 Å². The molecule has 1 nitrogen and oxygen atoms in total. The summed E-state index contributed by atoms with van der Waals surface area (Å²) >= 11 is 0. The van der Waals surface area contributed by atoms with E-state index in [1.807, 2.05) is 0 Å². The molecule has 31 heavy (non-hydrogen) atoms. The Kier molecular flexibility index (Phi) is 7.53. The second kappa shape index (κ2) is 10.9. The Balaban J connectivity index is 1.85. The average Bonchev–Trinajstić information content (AvgIpc) is 2.83. The van der Waals surface area contributed by atoms with Gasteiger partial charge in [0.15, 0.2) is 0 Å². The fourth-order valence-electron chi connectivity index (χ4n) is 3.94. The van der Waals surface area contributed by atoms with Crippen LogP contribution in [0.25, 0.3) is 0 Å². The number of anilines is 2. The molecule has 0 amide bonds. The molecule has 0 unspecified atom stereocenters. The van der Waals surface area contributed by atoms with Crippen LogP contribution in [-0.2, 0) is 6.42 Å². The monoisotopic (exact) mass is 423 g/mol. The molecule has 0 aliphatic carbocycles. The van der Waals surface area contributed by atoms with Crippen LogP contribution in [0.15, 0.2) is 109 Å². The van der Waals surface area contributed by atoms with Crippen molar-refractivity contribution < 1.29 is 0 Å². The van der Waals surface area contributed by atoms with Gasteiger partial charge in [-0.2, -0.15) is 0 Å². The van der Waals surface area contributed by atoms with Crippen LogP contribution < -0.4 is 21.2 Å². The summed E-state index contributed by atoms with van der Waals surface area (Å²) in [5.41, 5.74) is 3.83. The number of hydrogen-bond donors (Lipinski definition) is 1. The van der Waals surface area contributed by atoms with Crippen molar-refractivity contribution in [1.29, 1.82) is 0 Å². The zero-order chi connectivity index (χ0) is 21.3. The molecule has 4 aromatic rings. The van der Waals surface area contributed by atoms with Gasteiger partial charge in [-0.05, 0) is 49.1 Å². The van der Waals surface area contributed by atoms with Gasteiger partial charge < -0.3 is 5.32 Å². The zero-order valence-corrected chi connectivity index (χ0v) is 19.1. The van der Waals surface area contributed by atoms with E-state index in [2.05, 4.69) is 121 Å². The lowest BCUT2D eigenvalue weighted by atomic mass is 10.0. The number of para-hydroxylation sites is 2. The molecular formula is C29H30NP. The zero-order valence-electron chi connectivity index (χ0n) is 18.2. The first-order valence-electron chi connectivity index (χ1n) is 11.2. The molecule has 0 saturated carbocycles.